The second kappa shape index (κ2) is 7.91. The summed E-state index contributed by atoms with van der Waals surface area (Å²) >= 11 is 0. The van der Waals surface area contributed by atoms with Crippen molar-refractivity contribution in [2.24, 2.45) is 5.92 Å². The minimum atomic E-state index is -0.476. The van der Waals surface area contributed by atoms with Crippen LogP contribution in [-0.2, 0) is 4.74 Å². The molecule has 2 fully saturated rings. The van der Waals surface area contributed by atoms with Crippen LogP contribution in [0.3, 0.4) is 0 Å². The third kappa shape index (κ3) is 3.67. The Balaban J connectivity index is 1.56. The first-order valence-corrected chi connectivity index (χ1v) is 10.6. The maximum absolute atomic E-state index is 12.6. The molecule has 1 amide bonds. The number of carbonyl (C=O) groups is 1. The van der Waals surface area contributed by atoms with Crippen LogP contribution in [0.4, 0.5) is 4.79 Å². The van der Waals surface area contributed by atoms with Crippen LogP contribution in [0.25, 0.3) is 16.9 Å². The maximum atomic E-state index is 12.6. The summed E-state index contributed by atoms with van der Waals surface area (Å²) in [5, 5.41) is 14.0. The molecule has 8 nitrogen and oxygen atoms in total. The van der Waals surface area contributed by atoms with Crippen LogP contribution >= 0.6 is 0 Å². The first-order chi connectivity index (χ1) is 15.2. The number of likely N-dealkylation sites (tertiary alicyclic amines) is 1. The number of ether oxygens (including phenoxy) is 2. The fourth-order valence-electron chi connectivity index (χ4n) is 4.04. The minimum absolute atomic E-state index is 0.236. The summed E-state index contributed by atoms with van der Waals surface area (Å²) in [5.41, 5.74) is 2.75. The van der Waals surface area contributed by atoms with Crippen LogP contribution in [0.5, 0.6) is 5.75 Å². The van der Waals surface area contributed by atoms with Crippen molar-refractivity contribution in [1.29, 1.82) is 5.26 Å². The zero-order chi connectivity index (χ0) is 21.4. The number of hydrogen-bond acceptors (Lipinski definition) is 6. The van der Waals surface area contributed by atoms with Crippen molar-refractivity contribution in [3.63, 3.8) is 0 Å². The zero-order valence-corrected chi connectivity index (χ0v) is 17.3. The number of nitriles is 1. The number of amides is 1. The molecular weight excluding hydrogens is 394 g/mol. The van der Waals surface area contributed by atoms with Crippen LogP contribution in [-0.4, -0.2) is 45.8 Å². The van der Waals surface area contributed by atoms with Crippen LogP contribution in [0.15, 0.2) is 36.4 Å². The maximum Gasteiger partial charge on any atom is 0.410 e. The zero-order valence-electron chi connectivity index (χ0n) is 17.3. The molecule has 158 valence electrons. The lowest BCUT2D eigenvalue weighted by molar-refractivity contribution is 0.0536. The standard InChI is InChI=1S/C23H23N5O3/c1-30-19-10-9-18(17-6-4-5-15(13-17)14-24)28-22(19)25-21(26-28)20(16-7-8-16)31-23(29)27-11-2-3-12-27/h4-6,9-10,13,16,20H,2-3,7-8,11-12H2,1H3. The molecule has 1 atom stereocenters. The number of pyridine rings is 1. The molecule has 31 heavy (non-hydrogen) atoms. The summed E-state index contributed by atoms with van der Waals surface area (Å²) < 4.78 is 13.1. The number of nitrogens with zero attached hydrogens (tertiary/aromatic N) is 5. The third-order valence-electron chi connectivity index (χ3n) is 5.87. The van der Waals surface area contributed by atoms with Gasteiger partial charge in [-0.1, -0.05) is 12.1 Å². The highest BCUT2D eigenvalue weighted by Crippen LogP contribution is 2.43. The Morgan fingerprint density at radius 3 is 2.74 bits per heavy atom. The summed E-state index contributed by atoms with van der Waals surface area (Å²) in [6.45, 7) is 1.48. The van der Waals surface area contributed by atoms with Crippen molar-refractivity contribution >= 4 is 11.7 Å². The van der Waals surface area contributed by atoms with E-state index in [1.165, 1.54) is 0 Å². The molecule has 8 heteroatoms. The van der Waals surface area contributed by atoms with E-state index in [4.69, 9.17) is 19.6 Å². The van der Waals surface area contributed by atoms with Crippen LogP contribution in [0.2, 0.25) is 0 Å². The van der Waals surface area contributed by atoms with Crippen molar-refractivity contribution in [3.8, 4) is 23.1 Å². The molecule has 0 radical (unpaired) electrons. The first kappa shape index (κ1) is 19.4. The second-order valence-corrected chi connectivity index (χ2v) is 8.02. The number of aromatic nitrogens is 3. The Morgan fingerprint density at radius 2 is 2.03 bits per heavy atom. The molecule has 2 aliphatic rings. The van der Waals surface area contributed by atoms with Gasteiger partial charge in [-0.3, -0.25) is 0 Å². The number of benzene rings is 1. The quantitative estimate of drug-likeness (QED) is 0.624. The van der Waals surface area contributed by atoms with Gasteiger partial charge in [-0.15, -0.1) is 5.10 Å². The van der Waals surface area contributed by atoms with E-state index in [1.807, 2.05) is 30.3 Å². The van der Waals surface area contributed by atoms with Crippen molar-refractivity contribution in [3.05, 3.63) is 47.8 Å². The van der Waals surface area contributed by atoms with Gasteiger partial charge in [0.15, 0.2) is 23.3 Å². The summed E-state index contributed by atoms with van der Waals surface area (Å²) in [7, 11) is 1.59. The van der Waals surface area contributed by atoms with E-state index in [0.29, 0.717) is 22.8 Å². The molecule has 1 unspecified atom stereocenters. The smallest absolute Gasteiger partial charge is 0.410 e. The molecule has 3 aromatic rings. The highest BCUT2D eigenvalue weighted by atomic mass is 16.6. The van der Waals surface area contributed by atoms with E-state index >= 15 is 0 Å². The summed E-state index contributed by atoms with van der Waals surface area (Å²) in [6.07, 6.45) is 3.23. The highest BCUT2D eigenvalue weighted by Gasteiger charge is 2.39. The molecule has 1 aliphatic heterocycles. The van der Waals surface area contributed by atoms with Gasteiger partial charge in [-0.25, -0.2) is 14.3 Å². The molecule has 1 saturated heterocycles. The van der Waals surface area contributed by atoms with Crippen molar-refractivity contribution in [2.45, 2.75) is 31.8 Å². The molecule has 1 aromatic carbocycles. The van der Waals surface area contributed by atoms with Crippen molar-refractivity contribution in [2.75, 3.05) is 20.2 Å². The Hall–Kier alpha value is -3.60. The predicted octanol–water partition coefficient (Wildman–Crippen LogP) is 3.96. The summed E-state index contributed by atoms with van der Waals surface area (Å²) in [5.74, 6) is 1.30. The van der Waals surface area contributed by atoms with E-state index in [-0.39, 0.29) is 12.0 Å². The van der Waals surface area contributed by atoms with Gasteiger partial charge in [0.1, 0.15) is 0 Å². The van der Waals surface area contributed by atoms with Crippen molar-refractivity contribution < 1.29 is 14.3 Å². The van der Waals surface area contributed by atoms with Gasteiger partial charge in [0.05, 0.1) is 24.4 Å². The molecule has 0 N–H and O–H groups in total. The summed E-state index contributed by atoms with van der Waals surface area (Å²) in [6, 6.07) is 13.2. The molecule has 2 aromatic heterocycles. The van der Waals surface area contributed by atoms with Gasteiger partial charge < -0.3 is 14.4 Å². The van der Waals surface area contributed by atoms with Gasteiger partial charge in [0.2, 0.25) is 0 Å². The fraction of sp³-hybridized carbons (Fsp3) is 0.391. The van der Waals surface area contributed by atoms with Gasteiger partial charge >= 0.3 is 6.09 Å². The van der Waals surface area contributed by atoms with Crippen molar-refractivity contribution in [1.82, 2.24) is 19.5 Å². The third-order valence-corrected chi connectivity index (χ3v) is 5.87. The van der Waals surface area contributed by atoms with E-state index in [0.717, 1.165) is 50.0 Å². The minimum Gasteiger partial charge on any atom is -0.493 e. The second-order valence-electron chi connectivity index (χ2n) is 8.02. The van der Waals surface area contributed by atoms with E-state index in [2.05, 4.69) is 6.07 Å². The Morgan fingerprint density at radius 1 is 1.23 bits per heavy atom. The Labute approximate surface area is 180 Å². The van der Waals surface area contributed by atoms with Gasteiger partial charge in [0.25, 0.3) is 0 Å². The predicted molar refractivity (Wildman–Crippen MR) is 112 cm³/mol. The lowest BCUT2D eigenvalue weighted by Crippen LogP contribution is -2.30. The molecule has 0 bridgehead atoms. The average molecular weight is 417 g/mol. The Kier molecular flexibility index (Phi) is 4.94. The number of carbonyl (C=O) groups excluding carboxylic acids is 1. The summed E-state index contributed by atoms with van der Waals surface area (Å²) in [4.78, 5) is 19.1. The van der Waals surface area contributed by atoms with Gasteiger partial charge in [-0.2, -0.15) is 5.26 Å². The van der Waals surface area contributed by atoms with E-state index in [1.54, 1.807) is 22.6 Å². The molecule has 5 rings (SSSR count). The largest absolute Gasteiger partial charge is 0.493 e. The number of hydrogen-bond donors (Lipinski definition) is 0. The molecule has 0 spiro atoms. The number of fused-ring (bicyclic) bond motifs is 1. The van der Waals surface area contributed by atoms with E-state index in [9.17, 15) is 10.1 Å². The topological polar surface area (TPSA) is 92.8 Å². The van der Waals surface area contributed by atoms with E-state index < -0.39 is 6.10 Å². The SMILES string of the molecule is COc1ccc(-c2cccc(C#N)c2)n2nc(C(OC(=O)N3CCCC3)C3CC3)nc12. The highest BCUT2D eigenvalue weighted by molar-refractivity contribution is 5.69. The molecular formula is C23H23N5O3. The van der Waals surface area contributed by atoms with Crippen LogP contribution in [0.1, 0.15) is 43.2 Å². The molecule has 1 aliphatic carbocycles. The normalized spacial score (nSPS) is 16.8. The number of methoxy groups -OCH3 is 1. The average Bonchev–Trinajstić information content (AvgIpc) is 3.30. The molecule has 3 heterocycles. The van der Waals surface area contributed by atoms with Crippen LogP contribution in [0, 0.1) is 17.2 Å². The fourth-order valence-corrected chi connectivity index (χ4v) is 4.04. The molecule has 1 saturated carbocycles. The monoisotopic (exact) mass is 417 g/mol. The van der Waals surface area contributed by atoms with Gasteiger partial charge in [0, 0.05) is 24.6 Å². The van der Waals surface area contributed by atoms with Gasteiger partial charge in [-0.05, 0) is 49.9 Å². The Bertz CT molecular complexity index is 1170. The number of rotatable bonds is 5. The lowest BCUT2D eigenvalue weighted by Gasteiger charge is -2.20. The lowest BCUT2D eigenvalue weighted by atomic mass is 10.1. The van der Waals surface area contributed by atoms with Crippen LogP contribution < -0.4 is 4.74 Å². The first-order valence-electron chi connectivity index (χ1n) is 10.6.